The fourth-order valence-electron chi connectivity index (χ4n) is 1.62. The van der Waals surface area contributed by atoms with Gasteiger partial charge in [0, 0.05) is 25.4 Å². The molecule has 0 fully saturated rings. The van der Waals surface area contributed by atoms with Crippen molar-refractivity contribution in [2.75, 3.05) is 18.5 Å². The second-order valence-electron chi connectivity index (χ2n) is 3.89. The van der Waals surface area contributed by atoms with Gasteiger partial charge in [0.15, 0.2) is 0 Å². The van der Waals surface area contributed by atoms with E-state index in [1.807, 2.05) is 12.3 Å². The van der Waals surface area contributed by atoms with Gasteiger partial charge in [-0.25, -0.2) is 0 Å². The van der Waals surface area contributed by atoms with Crippen molar-refractivity contribution >= 4 is 22.9 Å². The zero-order valence-electron chi connectivity index (χ0n) is 9.94. The van der Waals surface area contributed by atoms with Crippen LogP contribution in [0, 0.1) is 0 Å². The fraction of sp³-hybridized carbons (Fsp3) is 0.500. The number of nitrogens with two attached hydrogens (primary N) is 1. The molecule has 1 aromatic rings. The zero-order chi connectivity index (χ0) is 12.0. The highest BCUT2D eigenvalue weighted by Gasteiger charge is 2.08. The second-order valence-corrected chi connectivity index (χ2v) is 4.33. The normalized spacial score (nSPS) is 10.1. The summed E-state index contributed by atoms with van der Waals surface area (Å²) in [5.41, 5.74) is 7.61. The Kier molecular flexibility index (Phi) is 5.19. The molecule has 0 aliphatic heterocycles. The third-order valence-electron chi connectivity index (χ3n) is 2.57. The van der Waals surface area contributed by atoms with Crippen molar-refractivity contribution in [1.82, 2.24) is 4.98 Å². The van der Waals surface area contributed by atoms with Gasteiger partial charge in [-0.15, -0.1) is 0 Å². The highest BCUT2D eigenvalue weighted by molar-refractivity contribution is 7.80. The van der Waals surface area contributed by atoms with Crippen molar-refractivity contribution in [1.29, 1.82) is 0 Å². The highest BCUT2D eigenvalue weighted by Crippen LogP contribution is 2.18. The molecule has 0 radical (unpaired) electrons. The van der Waals surface area contributed by atoms with Crippen molar-refractivity contribution in [2.45, 2.75) is 26.2 Å². The van der Waals surface area contributed by atoms with Gasteiger partial charge in [-0.3, -0.25) is 4.98 Å². The molecule has 0 spiro atoms. The fourth-order valence-corrected chi connectivity index (χ4v) is 1.79. The summed E-state index contributed by atoms with van der Waals surface area (Å²) in [6.45, 7) is 3.21. The van der Waals surface area contributed by atoms with E-state index in [2.05, 4.69) is 23.9 Å². The quantitative estimate of drug-likeness (QED) is 0.609. The molecule has 0 unspecified atom stereocenters. The molecular weight excluding hydrogens is 218 g/mol. The Morgan fingerprint density at radius 2 is 2.25 bits per heavy atom. The van der Waals surface area contributed by atoms with Crippen molar-refractivity contribution in [3.8, 4) is 0 Å². The monoisotopic (exact) mass is 237 g/mol. The van der Waals surface area contributed by atoms with Gasteiger partial charge in [-0.2, -0.15) is 0 Å². The van der Waals surface area contributed by atoms with Crippen molar-refractivity contribution < 1.29 is 0 Å². The topological polar surface area (TPSA) is 42.2 Å². The first-order valence-corrected chi connectivity index (χ1v) is 6.02. The van der Waals surface area contributed by atoms with Crippen LogP contribution in [0.4, 0.5) is 5.69 Å². The number of nitrogens with zero attached hydrogens (tertiary/aromatic N) is 2. The third kappa shape index (κ3) is 3.45. The number of rotatable bonds is 6. The first kappa shape index (κ1) is 12.9. The molecule has 0 saturated heterocycles. The first-order chi connectivity index (χ1) is 7.66. The number of hydrogen-bond acceptors (Lipinski definition) is 3. The second kappa shape index (κ2) is 6.43. The van der Waals surface area contributed by atoms with Gasteiger partial charge in [0.1, 0.15) is 4.99 Å². The molecule has 0 aliphatic rings. The van der Waals surface area contributed by atoms with Crippen LogP contribution in [0.5, 0.6) is 0 Å². The first-order valence-electron chi connectivity index (χ1n) is 5.61. The Labute approximate surface area is 103 Å². The van der Waals surface area contributed by atoms with E-state index >= 15 is 0 Å². The number of pyridine rings is 1. The number of thiocarbonyl (C=S) groups is 1. The van der Waals surface area contributed by atoms with E-state index in [4.69, 9.17) is 18.0 Å². The molecule has 0 aliphatic carbocycles. The molecule has 2 N–H and O–H groups in total. The molecule has 0 aromatic carbocycles. The average Bonchev–Trinajstić information content (AvgIpc) is 2.29. The van der Waals surface area contributed by atoms with Gasteiger partial charge in [0.2, 0.25) is 0 Å². The van der Waals surface area contributed by atoms with Crippen LogP contribution < -0.4 is 10.6 Å². The molecule has 16 heavy (non-hydrogen) atoms. The van der Waals surface area contributed by atoms with Crippen molar-refractivity contribution in [2.24, 2.45) is 5.73 Å². The van der Waals surface area contributed by atoms with Crippen molar-refractivity contribution in [3.63, 3.8) is 0 Å². The SMILES string of the molecule is CCCCCN(C)c1cnccc1C(N)=S. The molecule has 0 atom stereocenters. The predicted octanol–water partition coefficient (Wildman–Crippen LogP) is 2.34. The van der Waals surface area contributed by atoms with E-state index in [1.165, 1.54) is 19.3 Å². The summed E-state index contributed by atoms with van der Waals surface area (Å²) in [6.07, 6.45) is 7.19. The maximum atomic E-state index is 5.68. The molecule has 0 saturated carbocycles. The molecule has 1 heterocycles. The number of hydrogen-bond donors (Lipinski definition) is 1. The Morgan fingerprint density at radius 3 is 2.88 bits per heavy atom. The lowest BCUT2D eigenvalue weighted by molar-refractivity contribution is 0.704. The summed E-state index contributed by atoms with van der Waals surface area (Å²) in [6, 6.07) is 1.87. The van der Waals surface area contributed by atoms with Crippen LogP contribution >= 0.6 is 12.2 Å². The number of unbranched alkanes of at least 4 members (excludes halogenated alkanes) is 2. The van der Waals surface area contributed by atoms with Crippen LogP contribution in [0.25, 0.3) is 0 Å². The Balaban J connectivity index is 2.74. The summed E-state index contributed by atoms with van der Waals surface area (Å²) < 4.78 is 0. The summed E-state index contributed by atoms with van der Waals surface area (Å²) in [5.74, 6) is 0. The lowest BCUT2D eigenvalue weighted by Gasteiger charge is -2.21. The van der Waals surface area contributed by atoms with Gasteiger partial charge in [-0.1, -0.05) is 32.0 Å². The summed E-state index contributed by atoms with van der Waals surface area (Å²) in [4.78, 5) is 6.71. The smallest absolute Gasteiger partial charge is 0.106 e. The van der Waals surface area contributed by atoms with E-state index in [0.29, 0.717) is 4.99 Å². The molecule has 0 amide bonds. The standard InChI is InChI=1S/C12H19N3S/c1-3-4-5-8-15(2)11-9-14-7-6-10(11)12(13)16/h6-7,9H,3-5,8H2,1-2H3,(H2,13,16). The summed E-state index contributed by atoms with van der Waals surface area (Å²) in [7, 11) is 2.05. The van der Waals surface area contributed by atoms with Crippen LogP contribution in [0.3, 0.4) is 0 Å². The van der Waals surface area contributed by atoms with Crippen LogP contribution in [-0.2, 0) is 0 Å². The van der Waals surface area contributed by atoms with E-state index < -0.39 is 0 Å². The molecule has 1 aromatic heterocycles. The third-order valence-corrected chi connectivity index (χ3v) is 2.79. The van der Waals surface area contributed by atoms with Crippen LogP contribution in [0.1, 0.15) is 31.7 Å². The molecule has 4 heteroatoms. The maximum absolute atomic E-state index is 5.68. The van der Waals surface area contributed by atoms with Gasteiger partial charge >= 0.3 is 0 Å². The maximum Gasteiger partial charge on any atom is 0.106 e. The van der Waals surface area contributed by atoms with Gasteiger partial charge < -0.3 is 10.6 Å². The minimum atomic E-state index is 0.430. The van der Waals surface area contributed by atoms with Crippen LogP contribution in [-0.4, -0.2) is 23.6 Å². The molecule has 3 nitrogen and oxygen atoms in total. The Hall–Kier alpha value is -1.16. The zero-order valence-corrected chi connectivity index (χ0v) is 10.8. The minimum Gasteiger partial charge on any atom is -0.389 e. The molecule has 88 valence electrons. The largest absolute Gasteiger partial charge is 0.389 e. The van der Waals surface area contributed by atoms with E-state index in [-0.39, 0.29) is 0 Å². The Bertz CT molecular complexity index is 352. The number of anilines is 1. The van der Waals surface area contributed by atoms with E-state index in [0.717, 1.165) is 17.8 Å². The lowest BCUT2D eigenvalue weighted by Crippen LogP contribution is -2.23. The molecule has 0 bridgehead atoms. The van der Waals surface area contributed by atoms with Gasteiger partial charge in [-0.05, 0) is 12.5 Å². The Morgan fingerprint density at radius 1 is 1.50 bits per heavy atom. The molecular formula is C12H19N3S. The van der Waals surface area contributed by atoms with E-state index in [1.54, 1.807) is 6.20 Å². The summed E-state index contributed by atoms with van der Waals surface area (Å²) in [5, 5.41) is 0. The predicted molar refractivity (Wildman–Crippen MR) is 72.9 cm³/mol. The van der Waals surface area contributed by atoms with Crippen molar-refractivity contribution in [3.05, 3.63) is 24.0 Å². The van der Waals surface area contributed by atoms with Crippen LogP contribution in [0.15, 0.2) is 18.5 Å². The van der Waals surface area contributed by atoms with E-state index in [9.17, 15) is 0 Å². The lowest BCUT2D eigenvalue weighted by atomic mass is 10.2. The molecule has 1 rings (SSSR count). The van der Waals surface area contributed by atoms with Crippen LogP contribution in [0.2, 0.25) is 0 Å². The minimum absolute atomic E-state index is 0.430. The highest BCUT2D eigenvalue weighted by atomic mass is 32.1. The van der Waals surface area contributed by atoms with Gasteiger partial charge in [0.05, 0.1) is 11.9 Å². The number of aromatic nitrogens is 1. The average molecular weight is 237 g/mol. The summed E-state index contributed by atoms with van der Waals surface area (Å²) >= 11 is 5.03. The van der Waals surface area contributed by atoms with Gasteiger partial charge in [0.25, 0.3) is 0 Å².